The zero-order chi connectivity index (χ0) is 17.6. The molecule has 6 nitrogen and oxygen atoms in total. The molecule has 1 aliphatic heterocycles. The van der Waals surface area contributed by atoms with Gasteiger partial charge in [-0.15, -0.1) is 0 Å². The number of ether oxygens (including phenoxy) is 1. The number of anilines is 1. The Morgan fingerprint density at radius 1 is 1.38 bits per heavy atom. The molecule has 1 heterocycles. The van der Waals surface area contributed by atoms with Crippen LogP contribution < -0.4 is 9.62 Å². The smallest absolute Gasteiger partial charge is 0.232 e. The molecule has 0 radical (unpaired) electrons. The summed E-state index contributed by atoms with van der Waals surface area (Å²) in [6, 6.07) is 6.59. The van der Waals surface area contributed by atoms with Gasteiger partial charge in [0.1, 0.15) is 0 Å². The van der Waals surface area contributed by atoms with Gasteiger partial charge in [-0.25, -0.2) is 8.42 Å². The topological polar surface area (TPSA) is 75.7 Å². The fraction of sp³-hybridized carbons (Fsp3) is 0.562. The number of nitrogens with zero attached hydrogens (tertiary/aromatic N) is 1. The van der Waals surface area contributed by atoms with Crippen molar-refractivity contribution < 1.29 is 17.9 Å². The molecule has 1 amide bonds. The monoisotopic (exact) mass is 374 g/mol. The van der Waals surface area contributed by atoms with Gasteiger partial charge < -0.3 is 10.1 Å². The van der Waals surface area contributed by atoms with E-state index in [-0.39, 0.29) is 25.0 Å². The van der Waals surface area contributed by atoms with Crippen LogP contribution in [0, 0.1) is 0 Å². The largest absolute Gasteiger partial charge is 0.376 e. The van der Waals surface area contributed by atoms with E-state index < -0.39 is 10.0 Å². The Bertz CT molecular complexity index is 643. The first kappa shape index (κ1) is 19.0. The minimum Gasteiger partial charge on any atom is -0.376 e. The van der Waals surface area contributed by atoms with E-state index >= 15 is 0 Å². The summed E-state index contributed by atoms with van der Waals surface area (Å²) in [5, 5.41) is 3.38. The first-order chi connectivity index (χ1) is 11.4. The van der Waals surface area contributed by atoms with Crippen LogP contribution in [0.1, 0.15) is 25.7 Å². The van der Waals surface area contributed by atoms with Gasteiger partial charge in [0.15, 0.2) is 0 Å². The van der Waals surface area contributed by atoms with Crippen LogP contribution in [0.4, 0.5) is 5.69 Å². The molecule has 134 valence electrons. The zero-order valence-corrected chi connectivity index (χ0v) is 15.3. The lowest BCUT2D eigenvalue weighted by molar-refractivity contribution is -0.121. The molecule has 0 aliphatic carbocycles. The molecule has 0 aromatic heterocycles. The Labute approximate surface area is 148 Å². The van der Waals surface area contributed by atoms with Gasteiger partial charge in [0.2, 0.25) is 15.9 Å². The maximum absolute atomic E-state index is 12.0. The number of hydrogen-bond donors (Lipinski definition) is 1. The van der Waals surface area contributed by atoms with Crippen LogP contribution in [0.15, 0.2) is 24.3 Å². The van der Waals surface area contributed by atoms with Crippen LogP contribution in [0.3, 0.4) is 0 Å². The summed E-state index contributed by atoms with van der Waals surface area (Å²) >= 11 is 5.83. The second-order valence-corrected chi connectivity index (χ2v) is 8.20. The van der Waals surface area contributed by atoms with Gasteiger partial charge in [0.05, 0.1) is 18.0 Å². The fourth-order valence-electron chi connectivity index (χ4n) is 2.60. The minimum atomic E-state index is -3.42. The molecule has 0 saturated carbocycles. The second kappa shape index (κ2) is 8.69. The standard InChI is InChI=1S/C16H23ClN2O4S/c1-24(21,22)19(14-8-6-13(17)7-9-14)10-2-5-16(20)18-12-15-4-3-11-23-15/h6-9,15H,2-5,10-12H2,1H3,(H,18,20)/t15-/m1/s1. The van der Waals surface area contributed by atoms with Gasteiger partial charge in [0, 0.05) is 31.1 Å². The Kier molecular flexibility index (Phi) is 6.89. The summed E-state index contributed by atoms with van der Waals surface area (Å²) in [4.78, 5) is 11.9. The predicted octanol–water partition coefficient (Wildman–Crippen LogP) is 2.18. The highest BCUT2D eigenvalue weighted by atomic mass is 35.5. The molecular weight excluding hydrogens is 352 g/mol. The molecular formula is C16H23ClN2O4S. The van der Waals surface area contributed by atoms with Crippen LogP contribution >= 0.6 is 11.6 Å². The van der Waals surface area contributed by atoms with Crippen molar-refractivity contribution in [3.63, 3.8) is 0 Å². The average molecular weight is 375 g/mol. The maximum Gasteiger partial charge on any atom is 0.232 e. The summed E-state index contributed by atoms with van der Waals surface area (Å²) < 4.78 is 30.7. The van der Waals surface area contributed by atoms with E-state index in [0.717, 1.165) is 25.7 Å². The molecule has 0 bridgehead atoms. The lowest BCUT2D eigenvalue weighted by atomic mass is 10.2. The average Bonchev–Trinajstić information content (AvgIpc) is 3.03. The van der Waals surface area contributed by atoms with Crippen molar-refractivity contribution in [2.45, 2.75) is 31.8 Å². The minimum absolute atomic E-state index is 0.0879. The lowest BCUT2D eigenvalue weighted by Crippen LogP contribution is -2.34. The molecule has 1 aliphatic rings. The van der Waals surface area contributed by atoms with Crippen LogP contribution in [0.2, 0.25) is 5.02 Å². The second-order valence-electron chi connectivity index (χ2n) is 5.85. The SMILES string of the molecule is CS(=O)(=O)N(CCCC(=O)NC[C@H]1CCCO1)c1ccc(Cl)cc1. The number of carbonyl (C=O) groups excluding carboxylic acids is 1. The van der Waals surface area contributed by atoms with Crippen molar-refractivity contribution in [1.29, 1.82) is 0 Å². The quantitative estimate of drug-likeness (QED) is 0.756. The van der Waals surface area contributed by atoms with Crippen LogP contribution in [0.5, 0.6) is 0 Å². The number of sulfonamides is 1. The van der Waals surface area contributed by atoms with Crippen molar-refractivity contribution in [1.82, 2.24) is 5.32 Å². The number of hydrogen-bond acceptors (Lipinski definition) is 4. The first-order valence-corrected chi connectivity index (χ1v) is 10.2. The third kappa shape index (κ3) is 5.96. The summed E-state index contributed by atoms with van der Waals surface area (Å²) in [7, 11) is -3.42. The van der Waals surface area contributed by atoms with Gasteiger partial charge in [-0.05, 0) is 43.5 Å². The molecule has 1 saturated heterocycles. The molecule has 1 N–H and O–H groups in total. The number of halogens is 1. The highest BCUT2D eigenvalue weighted by molar-refractivity contribution is 7.92. The first-order valence-electron chi connectivity index (χ1n) is 7.98. The summed E-state index contributed by atoms with van der Waals surface area (Å²) in [6.45, 7) is 1.52. The van der Waals surface area contributed by atoms with E-state index in [2.05, 4.69) is 5.32 Å². The highest BCUT2D eigenvalue weighted by Crippen LogP contribution is 2.21. The maximum atomic E-state index is 12.0. The van der Waals surface area contributed by atoms with E-state index in [9.17, 15) is 13.2 Å². The number of nitrogens with one attached hydrogen (secondary N) is 1. The van der Waals surface area contributed by atoms with Gasteiger partial charge in [-0.3, -0.25) is 9.10 Å². The van der Waals surface area contributed by atoms with Crippen molar-refractivity contribution in [3.8, 4) is 0 Å². The summed E-state index contributed by atoms with van der Waals surface area (Å²) in [5.41, 5.74) is 0.543. The van der Waals surface area contributed by atoms with Crippen molar-refractivity contribution >= 4 is 33.2 Å². The highest BCUT2D eigenvalue weighted by Gasteiger charge is 2.18. The molecule has 24 heavy (non-hydrogen) atoms. The number of rotatable bonds is 8. The molecule has 1 aromatic rings. The number of benzene rings is 1. The fourth-order valence-corrected chi connectivity index (χ4v) is 3.69. The molecule has 1 aromatic carbocycles. The van der Waals surface area contributed by atoms with Crippen molar-refractivity contribution in [2.24, 2.45) is 0 Å². The van der Waals surface area contributed by atoms with E-state index in [1.54, 1.807) is 24.3 Å². The Hall–Kier alpha value is -1.31. The lowest BCUT2D eigenvalue weighted by Gasteiger charge is -2.22. The molecule has 2 rings (SSSR count). The van der Waals surface area contributed by atoms with Gasteiger partial charge >= 0.3 is 0 Å². The predicted molar refractivity (Wildman–Crippen MR) is 94.9 cm³/mol. The van der Waals surface area contributed by atoms with Crippen LogP contribution in [-0.2, 0) is 19.6 Å². The van der Waals surface area contributed by atoms with Gasteiger partial charge in [-0.2, -0.15) is 0 Å². The molecule has 0 unspecified atom stereocenters. The van der Waals surface area contributed by atoms with E-state index in [1.165, 1.54) is 4.31 Å². The molecule has 1 fully saturated rings. The molecule has 8 heteroatoms. The molecule has 0 spiro atoms. The number of carbonyl (C=O) groups is 1. The van der Waals surface area contributed by atoms with Crippen molar-refractivity contribution in [3.05, 3.63) is 29.3 Å². The summed E-state index contributed by atoms with van der Waals surface area (Å²) in [6.07, 6.45) is 3.97. The number of amides is 1. The van der Waals surface area contributed by atoms with E-state index in [4.69, 9.17) is 16.3 Å². The third-order valence-electron chi connectivity index (χ3n) is 3.83. The zero-order valence-electron chi connectivity index (χ0n) is 13.7. The third-order valence-corrected chi connectivity index (χ3v) is 5.28. The van der Waals surface area contributed by atoms with Gasteiger partial charge in [-0.1, -0.05) is 11.6 Å². The van der Waals surface area contributed by atoms with Crippen LogP contribution in [0.25, 0.3) is 0 Å². The van der Waals surface area contributed by atoms with Crippen LogP contribution in [-0.4, -0.2) is 46.4 Å². The molecule has 1 atom stereocenters. The van der Waals surface area contributed by atoms with Crippen molar-refractivity contribution in [2.75, 3.05) is 30.3 Å². The Morgan fingerprint density at radius 2 is 2.08 bits per heavy atom. The van der Waals surface area contributed by atoms with E-state index in [0.29, 0.717) is 23.7 Å². The Balaban J connectivity index is 1.82. The Morgan fingerprint density at radius 3 is 2.67 bits per heavy atom. The summed E-state index contributed by atoms with van der Waals surface area (Å²) in [5.74, 6) is -0.0879. The normalized spacial score (nSPS) is 17.7. The van der Waals surface area contributed by atoms with Gasteiger partial charge in [0.25, 0.3) is 0 Å². The van der Waals surface area contributed by atoms with E-state index in [1.807, 2.05) is 0 Å².